The molecular weight excluding hydrogens is 240 g/mol. The van der Waals surface area contributed by atoms with E-state index in [1.807, 2.05) is 0 Å². The van der Waals surface area contributed by atoms with E-state index in [-0.39, 0.29) is 23.6 Å². The topological polar surface area (TPSA) is 35.5 Å². The normalized spacial score (nSPS) is 17.0. The van der Waals surface area contributed by atoms with Gasteiger partial charge >= 0.3 is 0 Å². The van der Waals surface area contributed by atoms with Crippen molar-refractivity contribution in [1.29, 1.82) is 0 Å². The van der Waals surface area contributed by atoms with E-state index in [1.165, 1.54) is 0 Å². The fourth-order valence-electron chi connectivity index (χ4n) is 2.03. The monoisotopic (exact) mass is 272 g/mol. The molecule has 0 saturated heterocycles. The van der Waals surface area contributed by atoms with Crippen molar-refractivity contribution in [2.45, 2.75) is 78.9 Å². The fourth-order valence-corrected chi connectivity index (χ4v) is 2.03. The molecule has 0 fully saturated rings. The Morgan fingerprint density at radius 3 is 2.16 bits per heavy atom. The van der Waals surface area contributed by atoms with E-state index in [2.05, 4.69) is 41.5 Å². The zero-order valence-corrected chi connectivity index (χ0v) is 13.8. The number of rotatable bonds is 9. The van der Waals surface area contributed by atoms with Crippen LogP contribution in [0, 0.1) is 5.92 Å². The first-order valence-electron chi connectivity index (χ1n) is 7.38. The Hall–Kier alpha value is -0.410. The van der Waals surface area contributed by atoms with Crippen LogP contribution in [0.5, 0.6) is 0 Å². The van der Waals surface area contributed by atoms with Crippen molar-refractivity contribution in [2.75, 3.05) is 13.2 Å². The summed E-state index contributed by atoms with van der Waals surface area (Å²) in [7, 11) is 0. The summed E-state index contributed by atoms with van der Waals surface area (Å²) in [5.41, 5.74) is -0.414. The Morgan fingerprint density at radius 2 is 1.74 bits per heavy atom. The standard InChI is InChI=1S/C16H32O3/c1-8-9-13(2)16(7,19-12-14(3)17)10-11-18-15(4,5)6/h13H,8-12H2,1-7H3. The molecule has 3 nitrogen and oxygen atoms in total. The highest BCUT2D eigenvalue weighted by atomic mass is 16.5. The minimum Gasteiger partial charge on any atom is -0.376 e. The van der Waals surface area contributed by atoms with E-state index >= 15 is 0 Å². The lowest BCUT2D eigenvalue weighted by Crippen LogP contribution is -2.39. The summed E-state index contributed by atoms with van der Waals surface area (Å²) in [5, 5.41) is 0. The summed E-state index contributed by atoms with van der Waals surface area (Å²) >= 11 is 0. The molecule has 0 amide bonds. The molecule has 2 atom stereocenters. The summed E-state index contributed by atoms with van der Waals surface area (Å²) in [6.07, 6.45) is 3.04. The Morgan fingerprint density at radius 1 is 1.16 bits per heavy atom. The first-order chi connectivity index (χ1) is 8.60. The van der Waals surface area contributed by atoms with Gasteiger partial charge in [0.05, 0.1) is 17.8 Å². The molecule has 0 bridgehead atoms. The van der Waals surface area contributed by atoms with Gasteiger partial charge < -0.3 is 9.47 Å². The minimum absolute atomic E-state index is 0.0756. The molecule has 19 heavy (non-hydrogen) atoms. The van der Waals surface area contributed by atoms with Crippen LogP contribution in [-0.4, -0.2) is 30.2 Å². The average Bonchev–Trinajstić information content (AvgIpc) is 2.25. The van der Waals surface area contributed by atoms with Gasteiger partial charge in [-0.25, -0.2) is 0 Å². The van der Waals surface area contributed by atoms with Crippen LogP contribution < -0.4 is 0 Å². The van der Waals surface area contributed by atoms with Crippen molar-refractivity contribution < 1.29 is 14.3 Å². The molecule has 0 aliphatic rings. The molecule has 0 aliphatic heterocycles. The van der Waals surface area contributed by atoms with Gasteiger partial charge in [0.25, 0.3) is 0 Å². The Bertz CT molecular complexity index is 268. The second kappa shape index (κ2) is 8.01. The van der Waals surface area contributed by atoms with Crippen molar-refractivity contribution in [3.05, 3.63) is 0 Å². The predicted molar refractivity (Wildman–Crippen MR) is 79.4 cm³/mol. The molecule has 0 N–H and O–H groups in total. The second-order valence-corrected chi connectivity index (χ2v) is 6.70. The second-order valence-electron chi connectivity index (χ2n) is 6.70. The molecule has 0 aliphatic carbocycles. The molecule has 0 aromatic rings. The van der Waals surface area contributed by atoms with Crippen LogP contribution in [0.15, 0.2) is 0 Å². The predicted octanol–water partition coefficient (Wildman–Crippen LogP) is 3.99. The van der Waals surface area contributed by atoms with E-state index < -0.39 is 0 Å². The van der Waals surface area contributed by atoms with Gasteiger partial charge in [-0.15, -0.1) is 0 Å². The number of carbonyl (C=O) groups is 1. The third-order valence-electron chi connectivity index (χ3n) is 3.50. The number of Topliss-reactive ketones (excluding diaryl/α,β-unsaturated/α-hetero) is 1. The molecule has 0 rings (SSSR count). The quantitative estimate of drug-likeness (QED) is 0.636. The SMILES string of the molecule is CCCC(C)C(C)(CCOC(C)(C)C)OCC(C)=O. The molecule has 0 saturated carbocycles. The lowest BCUT2D eigenvalue weighted by atomic mass is 9.84. The van der Waals surface area contributed by atoms with Gasteiger partial charge in [0.15, 0.2) is 5.78 Å². The van der Waals surface area contributed by atoms with Crippen molar-refractivity contribution in [2.24, 2.45) is 5.92 Å². The van der Waals surface area contributed by atoms with Crippen LogP contribution in [-0.2, 0) is 14.3 Å². The molecular formula is C16H32O3. The van der Waals surface area contributed by atoms with E-state index in [0.29, 0.717) is 12.5 Å². The van der Waals surface area contributed by atoms with Gasteiger partial charge in [-0.1, -0.05) is 20.3 Å². The largest absolute Gasteiger partial charge is 0.376 e. The molecule has 0 radical (unpaired) electrons. The van der Waals surface area contributed by atoms with E-state index in [1.54, 1.807) is 6.92 Å². The van der Waals surface area contributed by atoms with E-state index in [4.69, 9.17) is 9.47 Å². The van der Waals surface area contributed by atoms with Crippen LogP contribution in [0.3, 0.4) is 0 Å². The van der Waals surface area contributed by atoms with Gasteiger partial charge in [0.2, 0.25) is 0 Å². The van der Waals surface area contributed by atoms with Crippen LogP contribution in [0.2, 0.25) is 0 Å². The summed E-state index contributed by atoms with van der Waals surface area (Å²) in [4.78, 5) is 11.1. The number of ether oxygens (including phenoxy) is 2. The van der Waals surface area contributed by atoms with E-state index in [0.717, 1.165) is 19.3 Å². The summed E-state index contributed by atoms with van der Waals surface area (Å²) in [6, 6.07) is 0. The highest BCUT2D eigenvalue weighted by molar-refractivity contribution is 5.76. The highest BCUT2D eigenvalue weighted by Gasteiger charge is 2.32. The number of carbonyl (C=O) groups excluding carboxylic acids is 1. The van der Waals surface area contributed by atoms with Crippen LogP contribution in [0.4, 0.5) is 0 Å². The fraction of sp³-hybridized carbons (Fsp3) is 0.938. The number of ketones is 1. The first-order valence-corrected chi connectivity index (χ1v) is 7.38. The van der Waals surface area contributed by atoms with Crippen LogP contribution >= 0.6 is 0 Å². The van der Waals surface area contributed by atoms with Gasteiger partial charge in [-0.3, -0.25) is 4.79 Å². The van der Waals surface area contributed by atoms with Crippen molar-refractivity contribution in [1.82, 2.24) is 0 Å². The Labute approximate surface area is 119 Å². The number of hydrogen-bond donors (Lipinski definition) is 0. The molecule has 3 heteroatoms. The Balaban J connectivity index is 4.51. The van der Waals surface area contributed by atoms with Gasteiger partial charge in [0, 0.05) is 0 Å². The number of hydrogen-bond acceptors (Lipinski definition) is 3. The summed E-state index contributed by atoms with van der Waals surface area (Å²) < 4.78 is 11.7. The molecule has 0 spiro atoms. The summed E-state index contributed by atoms with van der Waals surface area (Å²) in [5.74, 6) is 0.493. The maximum absolute atomic E-state index is 11.1. The van der Waals surface area contributed by atoms with Gasteiger partial charge in [-0.05, 0) is 53.4 Å². The smallest absolute Gasteiger partial charge is 0.155 e. The van der Waals surface area contributed by atoms with Gasteiger partial charge in [0.1, 0.15) is 6.61 Å². The third-order valence-corrected chi connectivity index (χ3v) is 3.50. The molecule has 114 valence electrons. The molecule has 0 aromatic heterocycles. The highest BCUT2D eigenvalue weighted by Crippen LogP contribution is 2.30. The lowest BCUT2D eigenvalue weighted by molar-refractivity contribution is -0.137. The van der Waals surface area contributed by atoms with Crippen molar-refractivity contribution in [3.63, 3.8) is 0 Å². The lowest BCUT2D eigenvalue weighted by Gasteiger charge is -2.36. The van der Waals surface area contributed by atoms with Crippen LogP contribution in [0.1, 0.15) is 67.7 Å². The average molecular weight is 272 g/mol. The van der Waals surface area contributed by atoms with Crippen LogP contribution in [0.25, 0.3) is 0 Å². The van der Waals surface area contributed by atoms with E-state index in [9.17, 15) is 4.79 Å². The molecule has 0 heterocycles. The van der Waals surface area contributed by atoms with Gasteiger partial charge in [-0.2, -0.15) is 0 Å². The molecule has 0 aromatic carbocycles. The minimum atomic E-state index is -0.285. The summed E-state index contributed by atoms with van der Waals surface area (Å²) in [6.45, 7) is 15.0. The zero-order valence-electron chi connectivity index (χ0n) is 13.8. The first kappa shape index (κ1) is 18.6. The maximum atomic E-state index is 11.1. The van der Waals surface area contributed by atoms with Crippen molar-refractivity contribution >= 4 is 5.78 Å². The maximum Gasteiger partial charge on any atom is 0.155 e. The van der Waals surface area contributed by atoms with Crippen molar-refractivity contribution in [3.8, 4) is 0 Å². The Kier molecular flexibility index (Phi) is 7.83. The third kappa shape index (κ3) is 8.38. The molecule has 2 unspecified atom stereocenters. The zero-order chi connectivity index (χ0) is 15.1.